The van der Waals surface area contributed by atoms with Gasteiger partial charge in [-0.3, -0.25) is 9.59 Å². The molecule has 1 fully saturated rings. The van der Waals surface area contributed by atoms with Crippen LogP contribution in [-0.2, 0) is 22.4 Å². The standard InChI is InChI=1S/C23H24N4O3S/c24-22(29)18-10-12-27(13-11-18)21(28)15-17-6-8-19(9-7-17)30-23-25-20(26-31-23)14-16-4-2-1-3-5-16/h1-9,18H,10-15H2,(H2,24,29). The molecule has 0 aliphatic carbocycles. The number of carbonyl (C=O) groups excluding carboxylic acids is 2. The minimum Gasteiger partial charge on any atom is -0.430 e. The summed E-state index contributed by atoms with van der Waals surface area (Å²) in [4.78, 5) is 30.0. The van der Waals surface area contributed by atoms with Crippen molar-refractivity contribution in [1.29, 1.82) is 0 Å². The lowest BCUT2D eigenvalue weighted by atomic mass is 9.96. The monoisotopic (exact) mass is 436 g/mol. The van der Waals surface area contributed by atoms with E-state index < -0.39 is 0 Å². The topological polar surface area (TPSA) is 98.4 Å². The van der Waals surface area contributed by atoms with Gasteiger partial charge in [-0.15, -0.1) is 0 Å². The summed E-state index contributed by atoms with van der Waals surface area (Å²) >= 11 is 1.22. The minimum absolute atomic E-state index is 0.0614. The van der Waals surface area contributed by atoms with Crippen LogP contribution in [0, 0.1) is 5.92 Å². The highest BCUT2D eigenvalue weighted by Crippen LogP contribution is 2.25. The highest BCUT2D eigenvalue weighted by atomic mass is 32.1. The molecule has 2 aromatic carbocycles. The molecule has 0 unspecified atom stereocenters. The van der Waals surface area contributed by atoms with E-state index in [-0.39, 0.29) is 17.7 Å². The molecule has 1 aliphatic rings. The van der Waals surface area contributed by atoms with E-state index in [9.17, 15) is 9.59 Å². The summed E-state index contributed by atoms with van der Waals surface area (Å²) in [6.07, 6.45) is 2.27. The molecule has 2 heterocycles. The molecule has 1 saturated heterocycles. The first-order valence-corrected chi connectivity index (χ1v) is 11.0. The van der Waals surface area contributed by atoms with Crippen LogP contribution in [0.15, 0.2) is 54.6 Å². The van der Waals surface area contributed by atoms with Crippen LogP contribution in [0.2, 0.25) is 0 Å². The largest absolute Gasteiger partial charge is 0.430 e. The molecule has 1 aliphatic heterocycles. The van der Waals surface area contributed by atoms with Crippen molar-refractivity contribution in [1.82, 2.24) is 14.3 Å². The number of benzene rings is 2. The van der Waals surface area contributed by atoms with E-state index in [1.54, 1.807) is 4.90 Å². The van der Waals surface area contributed by atoms with Gasteiger partial charge in [-0.1, -0.05) is 42.5 Å². The number of primary amides is 1. The third-order valence-electron chi connectivity index (χ3n) is 5.39. The van der Waals surface area contributed by atoms with Crippen molar-refractivity contribution in [3.05, 3.63) is 71.5 Å². The first-order valence-electron chi connectivity index (χ1n) is 10.3. The first-order chi connectivity index (χ1) is 15.1. The van der Waals surface area contributed by atoms with Crippen LogP contribution < -0.4 is 10.5 Å². The second-order valence-corrected chi connectivity index (χ2v) is 8.33. The highest BCUT2D eigenvalue weighted by molar-refractivity contribution is 7.07. The maximum atomic E-state index is 12.5. The van der Waals surface area contributed by atoms with Gasteiger partial charge < -0.3 is 15.4 Å². The van der Waals surface area contributed by atoms with E-state index in [1.807, 2.05) is 54.6 Å². The van der Waals surface area contributed by atoms with Gasteiger partial charge >= 0.3 is 0 Å². The van der Waals surface area contributed by atoms with Crippen molar-refractivity contribution in [2.45, 2.75) is 25.7 Å². The second-order valence-electron chi connectivity index (χ2n) is 7.62. The average molecular weight is 437 g/mol. The zero-order valence-electron chi connectivity index (χ0n) is 17.1. The molecular formula is C23H24N4O3S. The van der Waals surface area contributed by atoms with E-state index >= 15 is 0 Å². The normalized spacial score (nSPS) is 14.4. The van der Waals surface area contributed by atoms with Gasteiger partial charge in [-0.25, -0.2) is 0 Å². The van der Waals surface area contributed by atoms with E-state index in [4.69, 9.17) is 10.5 Å². The average Bonchev–Trinajstić information content (AvgIpc) is 3.22. The molecular weight excluding hydrogens is 412 g/mol. The lowest BCUT2D eigenvalue weighted by molar-refractivity contribution is -0.134. The Morgan fingerprint density at radius 3 is 2.42 bits per heavy atom. The summed E-state index contributed by atoms with van der Waals surface area (Å²) in [6, 6.07) is 17.5. The predicted octanol–water partition coefficient (Wildman–Crippen LogP) is 3.19. The quantitative estimate of drug-likeness (QED) is 0.613. The fraction of sp³-hybridized carbons (Fsp3) is 0.304. The second kappa shape index (κ2) is 9.70. The molecule has 8 heteroatoms. The Labute approximate surface area is 185 Å². The van der Waals surface area contributed by atoms with Crippen molar-refractivity contribution in [3.63, 3.8) is 0 Å². The van der Waals surface area contributed by atoms with Gasteiger partial charge in [0.15, 0.2) is 5.82 Å². The third kappa shape index (κ3) is 5.67. The maximum absolute atomic E-state index is 12.5. The van der Waals surface area contributed by atoms with E-state index in [0.29, 0.717) is 49.7 Å². The molecule has 0 spiro atoms. The van der Waals surface area contributed by atoms with E-state index in [2.05, 4.69) is 9.36 Å². The Hall–Kier alpha value is -3.26. The molecule has 7 nitrogen and oxygen atoms in total. The summed E-state index contributed by atoms with van der Waals surface area (Å²) in [5, 5.41) is 0.493. The van der Waals surface area contributed by atoms with Crippen LogP contribution in [0.25, 0.3) is 0 Å². The van der Waals surface area contributed by atoms with Crippen LogP contribution in [0.1, 0.15) is 29.8 Å². The van der Waals surface area contributed by atoms with Crippen LogP contribution in [-0.4, -0.2) is 39.2 Å². The minimum atomic E-state index is -0.273. The summed E-state index contributed by atoms with van der Waals surface area (Å²) in [5.41, 5.74) is 7.42. The fourth-order valence-electron chi connectivity index (χ4n) is 3.61. The molecule has 1 aromatic heterocycles. The summed E-state index contributed by atoms with van der Waals surface area (Å²) < 4.78 is 10.2. The zero-order chi connectivity index (χ0) is 21.6. The van der Waals surface area contributed by atoms with Crippen molar-refractivity contribution in [2.24, 2.45) is 11.7 Å². The van der Waals surface area contributed by atoms with Gasteiger partial charge in [0.1, 0.15) is 5.75 Å². The van der Waals surface area contributed by atoms with Crippen molar-refractivity contribution < 1.29 is 14.3 Å². The molecule has 0 bridgehead atoms. The number of carbonyl (C=O) groups is 2. The van der Waals surface area contributed by atoms with Crippen molar-refractivity contribution >= 4 is 23.3 Å². The number of amides is 2. The van der Waals surface area contributed by atoms with Crippen LogP contribution in [0.3, 0.4) is 0 Å². The Morgan fingerprint density at radius 2 is 1.74 bits per heavy atom. The van der Waals surface area contributed by atoms with Crippen LogP contribution >= 0.6 is 11.5 Å². The van der Waals surface area contributed by atoms with Crippen molar-refractivity contribution in [3.8, 4) is 10.9 Å². The summed E-state index contributed by atoms with van der Waals surface area (Å²) in [5.74, 6) is 1.06. The van der Waals surface area contributed by atoms with Gasteiger partial charge in [0, 0.05) is 37.0 Å². The molecule has 0 saturated carbocycles. The molecule has 0 radical (unpaired) electrons. The maximum Gasteiger partial charge on any atom is 0.298 e. The number of nitrogens with two attached hydrogens (primary N) is 1. The Balaban J connectivity index is 1.29. The molecule has 2 amide bonds. The predicted molar refractivity (Wildman–Crippen MR) is 118 cm³/mol. The lowest BCUT2D eigenvalue weighted by Gasteiger charge is -2.30. The number of ether oxygens (including phenoxy) is 1. The van der Waals surface area contributed by atoms with E-state index in [1.165, 1.54) is 11.5 Å². The van der Waals surface area contributed by atoms with Crippen LogP contribution in [0.5, 0.6) is 10.9 Å². The SMILES string of the molecule is NC(=O)C1CCN(C(=O)Cc2ccc(Oc3nc(Cc4ccccc4)ns3)cc2)CC1. The molecule has 4 rings (SSSR count). The third-order valence-corrected chi connectivity index (χ3v) is 6.02. The Bertz CT molecular complexity index is 1030. The number of likely N-dealkylation sites (tertiary alicyclic amines) is 1. The smallest absolute Gasteiger partial charge is 0.298 e. The zero-order valence-corrected chi connectivity index (χ0v) is 17.9. The number of nitrogens with zero attached hydrogens (tertiary/aromatic N) is 3. The molecule has 31 heavy (non-hydrogen) atoms. The van der Waals surface area contributed by atoms with Gasteiger partial charge in [0.2, 0.25) is 11.8 Å². The Morgan fingerprint density at radius 1 is 1.03 bits per heavy atom. The van der Waals surface area contributed by atoms with Gasteiger partial charge in [0.25, 0.3) is 5.19 Å². The fourth-order valence-corrected chi connectivity index (χ4v) is 4.17. The van der Waals surface area contributed by atoms with Gasteiger partial charge in [-0.05, 0) is 36.1 Å². The number of piperidine rings is 1. The Kier molecular flexibility index (Phi) is 6.57. The van der Waals surface area contributed by atoms with Crippen molar-refractivity contribution in [2.75, 3.05) is 13.1 Å². The molecule has 160 valence electrons. The first kappa shape index (κ1) is 21.0. The van der Waals surface area contributed by atoms with E-state index in [0.717, 1.165) is 17.0 Å². The number of aromatic nitrogens is 2. The number of rotatable bonds is 7. The van der Waals surface area contributed by atoms with Gasteiger partial charge in [0.05, 0.1) is 6.42 Å². The molecule has 3 aromatic rings. The molecule has 2 N–H and O–H groups in total. The molecule has 0 atom stereocenters. The van der Waals surface area contributed by atoms with Gasteiger partial charge in [-0.2, -0.15) is 9.36 Å². The highest BCUT2D eigenvalue weighted by Gasteiger charge is 2.25. The number of hydrogen-bond donors (Lipinski definition) is 1. The summed E-state index contributed by atoms with van der Waals surface area (Å²) in [7, 11) is 0. The summed E-state index contributed by atoms with van der Waals surface area (Å²) in [6.45, 7) is 1.16. The number of hydrogen-bond acceptors (Lipinski definition) is 6. The lowest BCUT2D eigenvalue weighted by Crippen LogP contribution is -2.42. The van der Waals surface area contributed by atoms with Crippen LogP contribution in [0.4, 0.5) is 0 Å².